The van der Waals surface area contributed by atoms with E-state index in [4.69, 9.17) is 4.74 Å². The molecule has 1 rings (SSSR count). The van der Waals surface area contributed by atoms with Crippen LogP contribution in [0.3, 0.4) is 0 Å². The first-order valence-electron chi connectivity index (χ1n) is 5.90. The summed E-state index contributed by atoms with van der Waals surface area (Å²) in [5, 5.41) is 3.40. The van der Waals surface area contributed by atoms with Crippen LogP contribution in [0.25, 0.3) is 0 Å². The molecule has 0 saturated heterocycles. The second kappa shape index (κ2) is 8.01. The maximum Gasteiger partial charge on any atom is 0.0590 e. The molecular formula is C12H23NO. The normalized spacial score (nSPS) is 16.8. The molecule has 14 heavy (non-hydrogen) atoms. The van der Waals surface area contributed by atoms with E-state index in [0.717, 1.165) is 26.3 Å². The lowest BCUT2D eigenvalue weighted by atomic mass is 9.97. The summed E-state index contributed by atoms with van der Waals surface area (Å²) in [6, 6.07) is 0. The predicted octanol–water partition coefficient (Wildman–Crippen LogP) is 2.50. The molecule has 0 aromatic carbocycles. The van der Waals surface area contributed by atoms with Gasteiger partial charge in [-0.25, -0.2) is 0 Å². The number of hydrogen-bond acceptors (Lipinski definition) is 2. The molecule has 1 N–H and O–H groups in total. The van der Waals surface area contributed by atoms with Crippen molar-refractivity contribution in [3.63, 3.8) is 0 Å². The van der Waals surface area contributed by atoms with Crippen molar-refractivity contribution in [2.45, 2.75) is 39.0 Å². The van der Waals surface area contributed by atoms with Crippen LogP contribution in [0.4, 0.5) is 0 Å². The van der Waals surface area contributed by atoms with Crippen molar-refractivity contribution >= 4 is 0 Å². The molecule has 0 saturated carbocycles. The molecule has 0 aliphatic heterocycles. The minimum Gasteiger partial charge on any atom is -0.380 e. The van der Waals surface area contributed by atoms with Crippen molar-refractivity contribution in [2.75, 3.05) is 26.3 Å². The zero-order chi connectivity index (χ0) is 10.1. The fourth-order valence-electron chi connectivity index (χ4n) is 1.79. The van der Waals surface area contributed by atoms with Crippen LogP contribution in [-0.4, -0.2) is 26.3 Å². The summed E-state index contributed by atoms with van der Waals surface area (Å²) < 4.78 is 5.25. The molecule has 0 fully saturated rings. The fourth-order valence-corrected chi connectivity index (χ4v) is 1.79. The van der Waals surface area contributed by atoms with Gasteiger partial charge in [-0.3, -0.25) is 0 Å². The van der Waals surface area contributed by atoms with E-state index >= 15 is 0 Å². The first kappa shape index (κ1) is 11.7. The Balaban J connectivity index is 1.90. The second-order valence-electron chi connectivity index (χ2n) is 3.81. The summed E-state index contributed by atoms with van der Waals surface area (Å²) in [4.78, 5) is 0. The molecular weight excluding hydrogens is 174 g/mol. The summed E-state index contributed by atoms with van der Waals surface area (Å²) in [6.45, 7) is 5.80. The molecule has 0 heterocycles. The van der Waals surface area contributed by atoms with Crippen LogP contribution in [0.2, 0.25) is 0 Å². The molecule has 1 aliphatic rings. The predicted molar refractivity (Wildman–Crippen MR) is 60.5 cm³/mol. The average Bonchev–Trinajstić information content (AvgIpc) is 2.25. The molecule has 0 bridgehead atoms. The van der Waals surface area contributed by atoms with E-state index in [1.54, 1.807) is 5.57 Å². The van der Waals surface area contributed by atoms with Crippen LogP contribution >= 0.6 is 0 Å². The lowest BCUT2D eigenvalue weighted by Crippen LogP contribution is -2.21. The maximum absolute atomic E-state index is 5.25. The van der Waals surface area contributed by atoms with Crippen LogP contribution < -0.4 is 5.32 Å². The van der Waals surface area contributed by atoms with Crippen molar-refractivity contribution in [3.05, 3.63) is 11.6 Å². The van der Waals surface area contributed by atoms with Gasteiger partial charge in [-0.2, -0.15) is 0 Å². The maximum atomic E-state index is 5.25. The number of allylic oxidation sites excluding steroid dienone is 1. The SMILES string of the molecule is CCOCCNCCC1=CCCCC1. The summed E-state index contributed by atoms with van der Waals surface area (Å²) in [6.07, 6.45) is 9.06. The average molecular weight is 197 g/mol. The van der Waals surface area contributed by atoms with Gasteiger partial charge in [0, 0.05) is 13.2 Å². The second-order valence-corrected chi connectivity index (χ2v) is 3.81. The van der Waals surface area contributed by atoms with Gasteiger partial charge in [0.15, 0.2) is 0 Å². The Bertz CT molecular complexity index is 166. The van der Waals surface area contributed by atoms with Crippen molar-refractivity contribution in [2.24, 2.45) is 0 Å². The molecule has 0 aromatic heterocycles. The van der Waals surface area contributed by atoms with Gasteiger partial charge in [0.05, 0.1) is 6.61 Å². The highest BCUT2D eigenvalue weighted by Gasteiger charge is 2.02. The van der Waals surface area contributed by atoms with Crippen molar-refractivity contribution in [3.8, 4) is 0 Å². The van der Waals surface area contributed by atoms with Gasteiger partial charge in [0.1, 0.15) is 0 Å². The highest BCUT2D eigenvalue weighted by molar-refractivity contribution is 5.04. The highest BCUT2D eigenvalue weighted by atomic mass is 16.5. The zero-order valence-electron chi connectivity index (χ0n) is 9.35. The van der Waals surface area contributed by atoms with Gasteiger partial charge in [-0.15, -0.1) is 0 Å². The van der Waals surface area contributed by atoms with E-state index in [-0.39, 0.29) is 0 Å². The number of nitrogens with one attached hydrogen (secondary N) is 1. The first-order chi connectivity index (χ1) is 6.93. The van der Waals surface area contributed by atoms with Gasteiger partial charge in [0.25, 0.3) is 0 Å². The Labute approximate surface area is 87.7 Å². The molecule has 0 amide bonds. The Morgan fingerprint density at radius 2 is 2.29 bits per heavy atom. The van der Waals surface area contributed by atoms with E-state index < -0.39 is 0 Å². The Morgan fingerprint density at radius 3 is 3.00 bits per heavy atom. The van der Waals surface area contributed by atoms with Crippen molar-refractivity contribution in [1.29, 1.82) is 0 Å². The Hall–Kier alpha value is -0.340. The van der Waals surface area contributed by atoms with Crippen LogP contribution in [-0.2, 0) is 4.74 Å². The van der Waals surface area contributed by atoms with Crippen LogP contribution in [0, 0.1) is 0 Å². The quantitative estimate of drug-likeness (QED) is 0.500. The van der Waals surface area contributed by atoms with Gasteiger partial charge >= 0.3 is 0 Å². The molecule has 1 aliphatic carbocycles. The van der Waals surface area contributed by atoms with Gasteiger partial charge < -0.3 is 10.1 Å². The van der Waals surface area contributed by atoms with E-state index in [0.29, 0.717) is 0 Å². The van der Waals surface area contributed by atoms with Crippen molar-refractivity contribution < 1.29 is 4.74 Å². The fraction of sp³-hybridized carbons (Fsp3) is 0.833. The first-order valence-corrected chi connectivity index (χ1v) is 5.90. The summed E-state index contributed by atoms with van der Waals surface area (Å²) >= 11 is 0. The molecule has 0 radical (unpaired) electrons. The number of ether oxygens (including phenoxy) is 1. The third-order valence-corrected chi connectivity index (χ3v) is 2.64. The van der Waals surface area contributed by atoms with Crippen LogP contribution in [0.5, 0.6) is 0 Å². The zero-order valence-corrected chi connectivity index (χ0v) is 9.35. The molecule has 0 aromatic rings. The van der Waals surface area contributed by atoms with E-state index in [9.17, 15) is 0 Å². The van der Waals surface area contributed by atoms with E-state index in [1.165, 1.54) is 32.1 Å². The monoisotopic (exact) mass is 197 g/mol. The lowest BCUT2D eigenvalue weighted by molar-refractivity contribution is 0.149. The molecule has 2 heteroatoms. The minimum atomic E-state index is 0.826. The van der Waals surface area contributed by atoms with E-state index in [1.807, 2.05) is 6.92 Å². The van der Waals surface area contributed by atoms with Crippen LogP contribution in [0.15, 0.2) is 11.6 Å². The lowest BCUT2D eigenvalue weighted by Gasteiger charge is -2.12. The summed E-state index contributed by atoms with van der Waals surface area (Å²) in [5.41, 5.74) is 1.65. The molecule has 0 spiro atoms. The topological polar surface area (TPSA) is 21.3 Å². The third kappa shape index (κ3) is 5.40. The van der Waals surface area contributed by atoms with Crippen molar-refractivity contribution in [1.82, 2.24) is 5.32 Å². The summed E-state index contributed by atoms with van der Waals surface area (Å²) in [5.74, 6) is 0. The van der Waals surface area contributed by atoms with E-state index in [2.05, 4.69) is 11.4 Å². The summed E-state index contributed by atoms with van der Waals surface area (Å²) in [7, 11) is 0. The van der Waals surface area contributed by atoms with Gasteiger partial charge in [0.2, 0.25) is 0 Å². The van der Waals surface area contributed by atoms with Gasteiger partial charge in [-0.05, 0) is 45.6 Å². The molecule has 0 unspecified atom stereocenters. The standard InChI is InChI=1S/C12H23NO/c1-2-14-11-10-13-9-8-12-6-4-3-5-7-12/h6,13H,2-5,7-11H2,1H3. The molecule has 2 nitrogen and oxygen atoms in total. The smallest absolute Gasteiger partial charge is 0.0590 e. The van der Waals surface area contributed by atoms with Gasteiger partial charge in [-0.1, -0.05) is 11.6 Å². The number of rotatable bonds is 7. The Kier molecular flexibility index (Phi) is 6.71. The largest absolute Gasteiger partial charge is 0.380 e. The number of hydrogen-bond donors (Lipinski definition) is 1. The van der Waals surface area contributed by atoms with Crippen LogP contribution in [0.1, 0.15) is 39.0 Å². The third-order valence-electron chi connectivity index (χ3n) is 2.64. The minimum absolute atomic E-state index is 0.826. The molecule has 0 atom stereocenters. The highest BCUT2D eigenvalue weighted by Crippen LogP contribution is 2.19. The Morgan fingerprint density at radius 1 is 1.36 bits per heavy atom. The molecule has 82 valence electrons.